The van der Waals surface area contributed by atoms with Crippen molar-refractivity contribution >= 4 is 17.8 Å². The van der Waals surface area contributed by atoms with Crippen LogP contribution in [0.4, 0.5) is 0 Å². The van der Waals surface area contributed by atoms with Crippen molar-refractivity contribution in [3.8, 4) is 0 Å². The maximum Gasteiger partial charge on any atom is 0.328 e. The number of ether oxygens (including phenoxy) is 2. The van der Waals surface area contributed by atoms with Gasteiger partial charge in [0.1, 0.15) is 6.04 Å². The van der Waals surface area contributed by atoms with E-state index in [1.54, 1.807) is 6.92 Å². The van der Waals surface area contributed by atoms with E-state index in [0.29, 0.717) is 0 Å². The van der Waals surface area contributed by atoms with Gasteiger partial charge in [-0.25, -0.2) is 4.79 Å². The molecular weight excluding hydrogens is 358 g/mol. The van der Waals surface area contributed by atoms with Crippen LogP contribution in [0.25, 0.3) is 0 Å². The van der Waals surface area contributed by atoms with E-state index in [1.165, 1.54) is 14.2 Å². The van der Waals surface area contributed by atoms with Crippen molar-refractivity contribution in [1.82, 2.24) is 5.32 Å². The average molecular weight is 383 g/mol. The first-order valence-electron chi connectivity index (χ1n) is 9.02. The lowest BCUT2D eigenvalue weighted by Crippen LogP contribution is -2.48. The Morgan fingerprint density at radius 2 is 1.36 bits per heavy atom. The minimum absolute atomic E-state index is 0.0160. The molecule has 6 heteroatoms. The molecular formula is C22H25NO5. The normalized spacial score (nSPS) is 12.7. The van der Waals surface area contributed by atoms with Crippen molar-refractivity contribution in [3.05, 3.63) is 71.8 Å². The number of methoxy groups -OCH3 is 2. The van der Waals surface area contributed by atoms with Gasteiger partial charge in [-0.15, -0.1) is 0 Å². The third-order valence-electron chi connectivity index (χ3n) is 4.57. The van der Waals surface area contributed by atoms with Gasteiger partial charge in [-0.05, 0) is 17.0 Å². The van der Waals surface area contributed by atoms with Crippen LogP contribution in [0, 0.1) is 5.92 Å². The molecule has 2 aromatic rings. The van der Waals surface area contributed by atoms with Gasteiger partial charge in [0.2, 0.25) is 5.91 Å². The van der Waals surface area contributed by atoms with Crippen LogP contribution >= 0.6 is 0 Å². The summed E-state index contributed by atoms with van der Waals surface area (Å²) in [4.78, 5) is 37.1. The summed E-state index contributed by atoms with van der Waals surface area (Å²) in [5.41, 5.74) is 1.60. The highest BCUT2D eigenvalue weighted by atomic mass is 16.5. The smallest absolute Gasteiger partial charge is 0.328 e. The third-order valence-corrected chi connectivity index (χ3v) is 4.57. The molecule has 0 bridgehead atoms. The molecule has 0 saturated heterocycles. The predicted octanol–water partition coefficient (Wildman–Crippen LogP) is 2.68. The van der Waals surface area contributed by atoms with Gasteiger partial charge < -0.3 is 14.8 Å². The van der Waals surface area contributed by atoms with Crippen molar-refractivity contribution in [3.63, 3.8) is 0 Å². The first kappa shape index (κ1) is 21.2. The molecule has 0 spiro atoms. The van der Waals surface area contributed by atoms with E-state index in [-0.39, 0.29) is 12.3 Å². The molecule has 6 nitrogen and oxygen atoms in total. The largest absolute Gasteiger partial charge is 0.469 e. The fourth-order valence-corrected chi connectivity index (χ4v) is 3.05. The number of nitrogens with one attached hydrogen (secondary N) is 1. The molecule has 0 aliphatic carbocycles. The number of rotatable bonds is 8. The lowest BCUT2D eigenvalue weighted by atomic mass is 9.89. The van der Waals surface area contributed by atoms with Crippen molar-refractivity contribution < 1.29 is 23.9 Å². The Balaban J connectivity index is 2.31. The minimum atomic E-state index is -0.966. The second-order valence-electron chi connectivity index (χ2n) is 6.52. The molecule has 1 amide bonds. The monoisotopic (exact) mass is 383 g/mol. The Bertz CT molecular complexity index is 752. The molecule has 28 heavy (non-hydrogen) atoms. The number of amides is 1. The summed E-state index contributed by atoms with van der Waals surface area (Å²) >= 11 is 0. The molecule has 148 valence electrons. The van der Waals surface area contributed by atoms with Crippen LogP contribution in [0.5, 0.6) is 0 Å². The van der Waals surface area contributed by atoms with Crippen molar-refractivity contribution in [1.29, 1.82) is 0 Å². The second-order valence-corrected chi connectivity index (χ2v) is 6.52. The standard InChI is InChI=1S/C22H25NO5/c1-15(14-18(24)27-2)20(22(26)28-3)23-21(25)19(16-10-6-4-7-11-16)17-12-8-5-9-13-17/h4-13,15,19-20H,14H2,1-3H3,(H,23,25)/t15-,20-/m0/s1. The molecule has 0 radical (unpaired) electrons. The zero-order valence-electron chi connectivity index (χ0n) is 16.3. The summed E-state index contributed by atoms with van der Waals surface area (Å²) < 4.78 is 9.51. The summed E-state index contributed by atoms with van der Waals surface area (Å²) in [7, 11) is 2.53. The average Bonchev–Trinajstić information content (AvgIpc) is 2.73. The van der Waals surface area contributed by atoms with Gasteiger partial charge in [0, 0.05) is 0 Å². The lowest BCUT2D eigenvalue weighted by molar-refractivity contribution is -0.148. The highest BCUT2D eigenvalue weighted by molar-refractivity contribution is 5.91. The molecule has 1 N–H and O–H groups in total. The Kier molecular flexibility index (Phi) is 7.75. The SMILES string of the molecule is COC(=O)C[C@H](C)[C@H](NC(=O)C(c1ccccc1)c1ccccc1)C(=O)OC. The topological polar surface area (TPSA) is 81.7 Å². The number of benzene rings is 2. The van der Waals surface area contributed by atoms with Crippen LogP contribution in [0.1, 0.15) is 30.4 Å². The first-order valence-corrected chi connectivity index (χ1v) is 9.02. The second kappa shape index (κ2) is 10.3. The number of hydrogen-bond donors (Lipinski definition) is 1. The zero-order valence-corrected chi connectivity index (χ0v) is 16.3. The molecule has 0 saturated carbocycles. The number of esters is 2. The maximum atomic E-state index is 13.2. The Hall–Kier alpha value is -3.15. The number of carbonyl (C=O) groups is 3. The fourth-order valence-electron chi connectivity index (χ4n) is 3.05. The van der Waals surface area contributed by atoms with Gasteiger partial charge in [0.15, 0.2) is 0 Å². The first-order chi connectivity index (χ1) is 13.5. The third kappa shape index (κ3) is 5.42. The van der Waals surface area contributed by atoms with Crippen LogP contribution in [-0.4, -0.2) is 38.1 Å². The van der Waals surface area contributed by atoms with E-state index in [9.17, 15) is 14.4 Å². The minimum Gasteiger partial charge on any atom is -0.469 e. The summed E-state index contributed by atoms with van der Waals surface area (Å²) in [5, 5.41) is 2.77. The Labute approximate surface area is 164 Å². The highest BCUT2D eigenvalue weighted by Gasteiger charge is 2.32. The zero-order chi connectivity index (χ0) is 20.5. The van der Waals surface area contributed by atoms with Crippen molar-refractivity contribution in [2.45, 2.75) is 25.3 Å². The van der Waals surface area contributed by atoms with Crippen molar-refractivity contribution in [2.75, 3.05) is 14.2 Å². The molecule has 0 aliphatic rings. The van der Waals surface area contributed by atoms with Gasteiger partial charge in [-0.1, -0.05) is 67.6 Å². The Morgan fingerprint density at radius 1 is 0.857 bits per heavy atom. The molecule has 0 aromatic heterocycles. The predicted molar refractivity (Wildman–Crippen MR) is 104 cm³/mol. The lowest BCUT2D eigenvalue weighted by Gasteiger charge is -2.25. The Morgan fingerprint density at radius 3 is 1.79 bits per heavy atom. The van der Waals surface area contributed by atoms with E-state index in [4.69, 9.17) is 4.74 Å². The summed E-state index contributed by atoms with van der Waals surface area (Å²) in [6, 6.07) is 17.7. The maximum absolute atomic E-state index is 13.2. The van der Waals surface area contributed by atoms with Crippen LogP contribution in [0.2, 0.25) is 0 Å². The molecule has 2 aromatic carbocycles. The van der Waals surface area contributed by atoms with E-state index < -0.39 is 29.8 Å². The van der Waals surface area contributed by atoms with Crippen LogP contribution in [0.3, 0.4) is 0 Å². The number of carbonyl (C=O) groups excluding carboxylic acids is 3. The summed E-state index contributed by atoms with van der Waals surface area (Å²) in [6.07, 6.45) is -0.0160. The van der Waals surface area contributed by atoms with Crippen LogP contribution in [0.15, 0.2) is 60.7 Å². The molecule has 2 rings (SSSR count). The molecule has 2 atom stereocenters. The summed E-state index contributed by atoms with van der Waals surface area (Å²) in [5.74, 6) is -2.50. The highest BCUT2D eigenvalue weighted by Crippen LogP contribution is 2.25. The van der Waals surface area contributed by atoms with E-state index >= 15 is 0 Å². The molecule has 0 heterocycles. The fraction of sp³-hybridized carbons (Fsp3) is 0.318. The van der Waals surface area contributed by atoms with Gasteiger partial charge in [0.05, 0.1) is 26.6 Å². The van der Waals surface area contributed by atoms with Gasteiger partial charge in [0.25, 0.3) is 0 Å². The van der Waals surface area contributed by atoms with Gasteiger partial charge in [-0.2, -0.15) is 0 Å². The summed E-state index contributed by atoms with van der Waals surface area (Å²) in [6.45, 7) is 1.69. The number of hydrogen-bond acceptors (Lipinski definition) is 5. The van der Waals surface area contributed by atoms with E-state index in [0.717, 1.165) is 11.1 Å². The van der Waals surface area contributed by atoms with E-state index in [2.05, 4.69) is 10.1 Å². The van der Waals surface area contributed by atoms with Crippen molar-refractivity contribution in [2.24, 2.45) is 5.92 Å². The van der Waals surface area contributed by atoms with Gasteiger partial charge in [-0.3, -0.25) is 9.59 Å². The van der Waals surface area contributed by atoms with Crippen LogP contribution < -0.4 is 5.32 Å². The molecule has 0 aliphatic heterocycles. The van der Waals surface area contributed by atoms with Crippen LogP contribution in [-0.2, 0) is 23.9 Å². The molecule has 0 fully saturated rings. The molecule has 0 unspecified atom stereocenters. The quantitative estimate of drug-likeness (QED) is 0.709. The van der Waals surface area contributed by atoms with Gasteiger partial charge >= 0.3 is 11.9 Å². The van der Waals surface area contributed by atoms with E-state index in [1.807, 2.05) is 60.7 Å².